The number of ether oxygens (including phenoxy) is 1. The number of fused-ring (bicyclic) bond motifs is 2. The van der Waals surface area contributed by atoms with E-state index in [4.69, 9.17) is 4.74 Å². The molecule has 1 aliphatic carbocycles. The van der Waals surface area contributed by atoms with Crippen molar-refractivity contribution in [2.45, 2.75) is 26.2 Å². The van der Waals surface area contributed by atoms with Crippen LogP contribution in [0.4, 0.5) is 5.95 Å². The minimum Gasteiger partial charge on any atom is -0.378 e. The number of carbonyl (C=O) groups is 1. The standard InChI is InChI=1S/C22H22N4O3/c1-13-5-7-14(8-6-13)17-18-15(3-2-4-16(18)27)23-20-19(17)21(28)25-22(24-20)26-9-11-29-12-10-26/h5-8H,2-4,9-12H2,1H3,(H,23,24,25,28). The number of H-pyrrole nitrogens is 1. The first-order valence-corrected chi connectivity index (χ1v) is 10.0. The highest BCUT2D eigenvalue weighted by atomic mass is 16.5. The molecule has 0 atom stereocenters. The van der Waals surface area contributed by atoms with Gasteiger partial charge in [-0.3, -0.25) is 14.6 Å². The number of Topliss-reactive ketones (excluding diaryl/α,β-unsaturated/α-hetero) is 1. The van der Waals surface area contributed by atoms with Gasteiger partial charge in [-0.2, -0.15) is 4.98 Å². The van der Waals surface area contributed by atoms with E-state index in [-0.39, 0.29) is 11.3 Å². The fourth-order valence-corrected chi connectivity index (χ4v) is 4.17. The Morgan fingerprint density at radius 2 is 1.76 bits per heavy atom. The molecular formula is C22H22N4O3. The summed E-state index contributed by atoms with van der Waals surface area (Å²) in [5.41, 5.74) is 4.10. The quantitative estimate of drug-likeness (QED) is 0.724. The summed E-state index contributed by atoms with van der Waals surface area (Å²) in [6.45, 7) is 4.55. The highest BCUT2D eigenvalue weighted by Crippen LogP contribution is 2.35. The van der Waals surface area contributed by atoms with Crippen LogP contribution in [-0.4, -0.2) is 47.0 Å². The van der Waals surface area contributed by atoms with Crippen molar-refractivity contribution in [1.29, 1.82) is 0 Å². The van der Waals surface area contributed by atoms with E-state index >= 15 is 0 Å². The Bertz CT molecular complexity index is 1160. The summed E-state index contributed by atoms with van der Waals surface area (Å²) in [4.78, 5) is 40.3. The molecular weight excluding hydrogens is 368 g/mol. The third kappa shape index (κ3) is 3.11. The molecule has 7 nitrogen and oxygen atoms in total. The second kappa shape index (κ2) is 7.08. The third-order valence-electron chi connectivity index (χ3n) is 5.66. The second-order valence-electron chi connectivity index (χ2n) is 7.64. The van der Waals surface area contributed by atoms with Gasteiger partial charge in [0.25, 0.3) is 5.56 Å². The predicted molar refractivity (Wildman–Crippen MR) is 111 cm³/mol. The van der Waals surface area contributed by atoms with E-state index in [0.717, 1.165) is 29.7 Å². The van der Waals surface area contributed by atoms with Gasteiger partial charge in [-0.15, -0.1) is 0 Å². The van der Waals surface area contributed by atoms with Crippen molar-refractivity contribution in [3.05, 3.63) is 51.4 Å². The lowest BCUT2D eigenvalue weighted by Crippen LogP contribution is -2.38. The van der Waals surface area contributed by atoms with Gasteiger partial charge < -0.3 is 9.64 Å². The zero-order valence-corrected chi connectivity index (χ0v) is 16.3. The number of carbonyl (C=O) groups excluding carboxylic acids is 1. The molecule has 1 aliphatic heterocycles. The molecule has 0 bridgehead atoms. The van der Waals surface area contributed by atoms with Gasteiger partial charge in [0.1, 0.15) is 0 Å². The first-order chi connectivity index (χ1) is 14.1. The first-order valence-electron chi connectivity index (χ1n) is 10.0. The summed E-state index contributed by atoms with van der Waals surface area (Å²) in [6, 6.07) is 7.90. The van der Waals surface area contributed by atoms with Crippen molar-refractivity contribution in [3.63, 3.8) is 0 Å². The second-order valence-corrected chi connectivity index (χ2v) is 7.64. The summed E-state index contributed by atoms with van der Waals surface area (Å²) in [7, 11) is 0. The molecule has 5 rings (SSSR count). The van der Waals surface area contributed by atoms with Gasteiger partial charge >= 0.3 is 0 Å². The van der Waals surface area contributed by atoms with Crippen LogP contribution < -0.4 is 10.5 Å². The van der Waals surface area contributed by atoms with Crippen LogP contribution in [0.1, 0.15) is 34.5 Å². The number of anilines is 1. The number of rotatable bonds is 2. The highest BCUT2D eigenvalue weighted by molar-refractivity contribution is 6.10. The predicted octanol–water partition coefficient (Wildman–Crippen LogP) is 2.65. The van der Waals surface area contributed by atoms with Gasteiger partial charge in [-0.05, 0) is 25.3 Å². The lowest BCUT2D eigenvalue weighted by molar-refractivity contribution is 0.0972. The largest absolute Gasteiger partial charge is 0.378 e. The summed E-state index contributed by atoms with van der Waals surface area (Å²) in [5, 5.41) is 0.389. The number of nitrogens with zero attached hydrogens (tertiary/aromatic N) is 3. The fourth-order valence-electron chi connectivity index (χ4n) is 4.17. The van der Waals surface area contributed by atoms with E-state index in [9.17, 15) is 9.59 Å². The van der Waals surface area contributed by atoms with Crippen LogP contribution in [-0.2, 0) is 11.2 Å². The number of aromatic amines is 1. The third-order valence-corrected chi connectivity index (χ3v) is 5.66. The zero-order chi connectivity index (χ0) is 20.0. The summed E-state index contributed by atoms with van der Waals surface area (Å²) in [5.74, 6) is 0.558. The molecule has 0 amide bonds. The SMILES string of the molecule is Cc1ccc(-c2c3c(nc4nc(N5CCOCC5)[nH]c(=O)c24)CCCC3=O)cc1. The van der Waals surface area contributed by atoms with Crippen molar-refractivity contribution < 1.29 is 9.53 Å². The monoisotopic (exact) mass is 390 g/mol. The molecule has 1 fully saturated rings. The van der Waals surface area contributed by atoms with Gasteiger partial charge in [0.15, 0.2) is 11.4 Å². The minimum atomic E-state index is -0.263. The summed E-state index contributed by atoms with van der Waals surface area (Å²) >= 11 is 0. The van der Waals surface area contributed by atoms with Crippen LogP contribution in [0.3, 0.4) is 0 Å². The van der Waals surface area contributed by atoms with Gasteiger partial charge in [0, 0.05) is 30.6 Å². The minimum absolute atomic E-state index is 0.0490. The van der Waals surface area contributed by atoms with Crippen molar-refractivity contribution in [3.8, 4) is 11.1 Å². The van der Waals surface area contributed by atoms with Gasteiger partial charge in [0.2, 0.25) is 5.95 Å². The Kier molecular flexibility index (Phi) is 4.39. The fraction of sp³-hybridized carbons (Fsp3) is 0.364. The van der Waals surface area contributed by atoms with Crippen molar-refractivity contribution >= 4 is 22.8 Å². The van der Waals surface area contributed by atoms with E-state index in [1.165, 1.54) is 0 Å². The molecule has 0 spiro atoms. The van der Waals surface area contributed by atoms with E-state index in [2.05, 4.69) is 15.0 Å². The number of aryl methyl sites for hydroxylation is 2. The molecule has 7 heteroatoms. The zero-order valence-electron chi connectivity index (χ0n) is 16.3. The van der Waals surface area contributed by atoms with E-state index in [0.29, 0.717) is 60.8 Å². The molecule has 2 aliphatic rings. The molecule has 1 N–H and O–H groups in total. The summed E-state index contributed by atoms with van der Waals surface area (Å²) < 4.78 is 5.40. The number of aromatic nitrogens is 3. The van der Waals surface area contributed by atoms with E-state index in [1.54, 1.807) is 0 Å². The Labute approximate surface area is 167 Å². The Balaban J connectivity index is 1.80. The normalized spacial score (nSPS) is 16.9. The van der Waals surface area contributed by atoms with Crippen LogP contribution in [0.5, 0.6) is 0 Å². The van der Waals surface area contributed by atoms with E-state index in [1.807, 2.05) is 36.1 Å². The number of benzene rings is 1. The Hall–Kier alpha value is -3.06. The summed E-state index contributed by atoms with van der Waals surface area (Å²) in [6.07, 6.45) is 1.98. The molecule has 1 saturated heterocycles. The number of hydrogen-bond acceptors (Lipinski definition) is 6. The molecule has 0 radical (unpaired) electrons. The molecule has 3 aromatic rings. The molecule has 0 unspecified atom stereocenters. The van der Waals surface area contributed by atoms with Gasteiger partial charge in [0.05, 0.1) is 24.3 Å². The molecule has 0 saturated carbocycles. The average Bonchev–Trinajstić information content (AvgIpc) is 2.74. The number of hydrogen-bond donors (Lipinski definition) is 1. The van der Waals surface area contributed by atoms with E-state index < -0.39 is 0 Å². The van der Waals surface area contributed by atoms with Crippen LogP contribution in [0, 0.1) is 6.92 Å². The maximum atomic E-state index is 13.2. The maximum absolute atomic E-state index is 13.2. The van der Waals surface area contributed by atoms with Crippen LogP contribution in [0.15, 0.2) is 29.1 Å². The van der Waals surface area contributed by atoms with Crippen LogP contribution in [0.2, 0.25) is 0 Å². The maximum Gasteiger partial charge on any atom is 0.262 e. The number of ketones is 1. The average molecular weight is 390 g/mol. The molecule has 2 aromatic heterocycles. The van der Waals surface area contributed by atoms with Gasteiger partial charge in [-0.1, -0.05) is 29.8 Å². The number of pyridine rings is 1. The Morgan fingerprint density at radius 3 is 2.52 bits per heavy atom. The van der Waals surface area contributed by atoms with Gasteiger partial charge in [-0.25, -0.2) is 4.98 Å². The molecule has 1 aromatic carbocycles. The molecule has 148 valence electrons. The smallest absolute Gasteiger partial charge is 0.262 e. The lowest BCUT2D eigenvalue weighted by Gasteiger charge is -2.27. The van der Waals surface area contributed by atoms with Crippen LogP contribution in [0.25, 0.3) is 22.2 Å². The lowest BCUT2D eigenvalue weighted by atomic mass is 9.86. The van der Waals surface area contributed by atoms with Crippen LogP contribution >= 0.6 is 0 Å². The van der Waals surface area contributed by atoms with Crippen molar-refractivity contribution in [1.82, 2.24) is 15.0 Å². The molecule has 3 heterocycles. The van der Waals surface area contributed by atoms with Crippen molar-refractivity contribution in [2.24, 2.45) is 0 Å². The first kappa shape index (κ1) is 18.0. The number of morpholine rings is 1. The topological polar surface area (TPSA) is 88.2 Å². The Morgan fingerprint density at radius 1 is 1.00 bits per heavy atom. The van der Waals surface area contributed by atoms with Crippen molar-refractivity contribution in [2.75, 3.05) is 31.2 Å². The highest BCUT2D eigenvalue weighted by Gasteiger charge is 2.27. The number of nitrogens with one attached hydrogen (secondary N) is 1. The molecule has 29 heavy (non-hydrogen) atoms.